The predicted molar refractivity (Wildman–Crippen MR) is 82.2 cm³/mol. The van der Waals surface area contributed by atoms with E-state index in [0.29, 0.717) is 56.2 Å². The molecule has 114 valence electrons. The van der Waals surface area contributed by atoms with Crippen LogP contribution in [-0.4, -0.2) is 54.3 Å². The highest BCUT2D eigenvalue weighted by Crippen LogP contribution is 2.14. The molecule has 2 rings (SSSR count). The number of nitrogens with zero attached hydrogens (tertiary/aromatic N) is 2. The molecule has 1 aromatic rings. The van der Waals surface area contributed by atoms with Gasteiger partial charge in [0.1, 0.15) is 0 Å². The number of hydrogen-bond acceptors (Lipinski definition) is 3. The molecule has 0 radical (unpaired) electrons. The van der Waals surface area contributed by atoms with Gasteiger partial charge in [-0.15, -0.1) is 0 Å². The quantitative estimate of drug-likeness (QED) is 0.913. The molecule has 1 aliphatic heterocycles. The number of rotatable bonds is 4. The smallest absolute Gasteiger partial charge is 0.254 e. The van der Waals surface area contributed by atoms with Gasteiger partial charge in [0.2, 0.25) is 5.91 Å². The Labute approximate surface area is 129 Å². The average Bonchev–Trinajstić information content (AvgIpc) is 2.52. The summed E-state index contributed by atoms with van der Waals surface area (Å²) in [6, 6.07) is 6.93. The first-order valence-corrected chi connectivity index (χ1v) is 7.52. The topological polar surface area (TPSA) is 66.6 Å². The molecule has 1 saturated heterocycles. The summed E-state index contributed by atoms with van der Waals surface area (Å²) in [4.78, 5) is 27.8. The van der Waals surface area contributed by atoms with Crippen molar-refractivity contribution in [1.29, 1.82) is 0 Å². The van der Waals surface area contributed by atoms with Crippen molar-refractivity contribution in [2.45, 2.75) is 12.8 Å². The van der Waals surface area contributed by atoms with E-state index in [2.05, 4.69) is 0 Å². The van der Waals surface area contributed by atoms with E-state index in [1.807, 2.05) is 0 Å². The molecular formula is C15H20ClN3O2. The third kappa shape index (κ3) is 4.19. The summed E-state index contributed by atoms with van der Waals surface area (Å²) in [6.07, 6.45) is 1.19. The zero-order valence-electron chi connectivity index (χ0n) is 11.9. The van der Waals surface area contributed by atoms with Crippen molar-refractivity contribution < 1.29 is 9.59 Å². The van der Waals surface area contributed by atoms with Gasteiger partial charge in [-0.2, -0.15) is 0 Å². The molecule has 0 saturated carbocycles. The molecule has 6 heteroatoms. The number of benzene rings is 1. The van der Waals surface area contributed by atoms with Crippen molar-refractivity contribution in [1.82, 2.24) is 9.80 Å². The van der Waals surface area contributed by atoms with Gasteiger partial charge in [-0.05, 0) is 31.2 Å². The summed E-state index contributed by atoms with van der Waals surface area (Å²) < 4.78 is 0. The second-order valence-corrected chi connectivity index (χ2v) is 5.51. The van der Waals surface area contributed by atoms with E-state index < -0.39 is 0 Å². The maximum atomic E-state index is 12.3. The molecule has 1 heterocycles. The number of hydrogen-bond donors (Lipinski definition) is 1. The maximum Gasteiger partial charge on any atom is 0.254 e. The Morgan fingerprint density at radius 2 is 1.81 bits per heavy atom. The Kier molecular flexibility index (Phi) is 5.59. The fourth-order valence-electron chi connectivity index (χ4n) is 2.37. The van der Waals surface area contributed by atoms with E-state index in [-0.39, 0.29) is 11.8 Å². The first-order valence-electron chi connectivity index (χ1n) is 7.14. The SMILES string of the molecule is NCCCC(=O)N1CCN(C(=O)c2cccc(Cl)c2)CC1. The maximum absolute atomic E-state index is 12.3. The first-order chi connectivity index (χ1) is 10.1. The third-order valence-corrected chi connectivity index (χ3v) is 3.82. The lowest BCUT2D eigenvalue weighted by Gasteiger charge is -2.35. The van der Waals surface area contributed by atoms with Crippen LogP contribution in [0.25, 0.3) is 0 Å². The fourth-order valence-corrected chi connectivity index (χ4v) is 2.56. The van der Waals surface area contributed by atoms with Crippen LogP contribution in [-0.2, 0) is 4.79 Å². The molecule has 1 aliphatic rings. The van der Waals surface area contributed by atoms with Gasteiger partial charge in [0, 0.05) is 43.2 Å². The fraction of sp³-hybridized carbons (Fsp3) is 0.467. The number of carbonyl (C=O) groups is 2. The number of piperazine rings is 1. The van der Waals surface area contributed by atoms with Gasteiger partial charge in [-0.1, -0.05) is 17.7 Å². The van der Waals surface area contributed by atoms with Crippen molar-refractivity contribution >= 4 is 23.4 Å². The van der Waals surface area contributed by atoms with E-state index >= 15 is 0 Å². The molecule has 2 N–H and O–H groups in total. The van der Waals surface area contributed by atoms with Crippen LogP contribution < -0.4 is 5.73 Å². The Balaban J connectivity index is 1.89. The number of nitrogens with two attached hydrogens (primary N) is 1. The normalized spacial score (nSPS) is 15.1. The summed E-state index contributed by atoms with van der Waals surface area (Å²) in [7, 11) is 0. The van der Waals surface area contributed by atoms with E-state index in [0.717, 1.165) is 0 Å². The standard InChI is InChI=1S/C15H20ClN3O2/c16-13-4-1-3-12(11-13)15(21)19-9-7-18(8-10-19)14(20)5-2-6-17/h1,3-4,11H,2,5-10,17H2. The van der Waals surface area contributed by atoms with Gasteiger partial charge in [-0.25, -0.2) is 0 Å². The summed E-state index contributed by atoms with van der Waals surface area (Å²) in [5.74, 6) is 0.0851. The molecule has 0 unspecified atom stereocenters. The monoisotopic (exact) mass is 309 g/mol. The van der Waals surface area contributed by atoms with Crippen molar-refractivity contribution in [2.75, 3.05) is 32.7 Å². The van der Waals surface area contributed by atoms with Crippen molar-refractivity contribution in [3.05, 3.63) is 34.9 Å². The average molecular weight is 310 g/mol. The van der Waals surface area contributed by atoms with Gasteiger partial charge >= 0.3 is 0 Å². The van der Waals surface area contributed by atoms with Crippen LogP contribution in [0.5, 0.6) is 0 Å². The largest absolute Gasteiger partial charge is 0.339 e. The van der Waals surface area contributed by atoms with Gasteiger partial charge < -0.3 is 15.5 Å². The van der Waals surface area contributed by atoms with E-state index in [1.54, 1.807) is 34.1 Å². The molecule has 2 amide bonds. The number of amides is 2. The van der Waals surface area contributed by atoms with E-state index in [9.17, 15) is 9.59 Å². The Bertz CT molecular complexity index is 513. The highest BCUT2D eigenvalue weighted by molar-refractivity contribution is 6.30. The molecule has 0 atom stereocenters. The molecule has 1 aromatic carbocycles. The molecule has 21 heavy (non-hydrogen) atoms. The minimum atomic E-state index is -0.0356. The molecule has 0 spiro atoms. The first kappa shape index (κ1) is 15.8. The molecule has 5 nitrogen and oxygen atoms in total. The van der Waals surface area contributed by atoms with Gasteiger partial charge in [0.15, 0.2) is 0 Å². The van der Waals surface area contributed by atoms with Crippen molar-refractivity contribution in [2.24, 2.45) is 5.73 Å². The zero-order chi connectivity index (χ0) is 15.2. The van der Waals surface area contributed by atoms with Crippen molar-refractivity contribution in [3.63, 3.8) is 0 Å². The van der Waals surface area contributed by atoms with E-state index in [1.165, 1.54) is 0 Å². The number of halogens is 1. The van der Waals surface area contributed by atoms with Crippen LogP contribution in [0, 0.1) is 0 Å². The molecule has 0 aromatic heterocycles. The summed E-state index contributed by atoms with van der Waals surface area (Å²) in [5.41, 5.74) is 6.00. The molecule has 0 bridgehead atoms. The van der Waals surface area contributed by atoms with Crippen LogP contribution in [0.2, 0.25) is 5.02 Å². The van der Waals surface area contributed by atoms with Crippen LogP contribution >= 0.6 is 11.6 Å². The minimum absolute atomic E-state index is 0.0356. The highest BCUT2D eigenvalue weighted by Gasteiger charge is 2.24. The van der Waals surface area contributed by atoms with Crippen molar-refractivity contribution in [3.8, 4) is 0 Å². The summed E-state index contributed by atoms with van der Waals surface area (Å²) in [6.45, 7) is 2.80. The molecular weight excluding hydrogens is 290 g/mol. The van der Waals surface area contributed by atoms with Crippen LogP contribution in [0.4, 0.5) is 0 Å². The van der Waals surface area contributed by atoms with Crippen LogP contribution in [0.1, 0.15) is 23.2 Å². The van der Waals surface area contributed by atoms with Crippen LogP contribution in [0.15, 0.2) is 24.3 Å². The lowest BCUT2D eigenvalue weighted by Crippen LogP contribution is -2.50. The van der Waals surface area contributed by atoms with Gasteiger partial charge in [0.05, 0.1) is 0 Å². The van der Waals surface area contributed by atoms with Gasteiger partial charge in [-0.3, -0.25) is 9.59 Å². The van der Waals surface area contributed by atoms with Gasteiger partial charge in [0.25, 0.3) is 5.91 Å². The Morgan fingerprint density at radius 1 is 1.14 bits per heavy atom. The van der Waals surface area contributed by atoms with Crippen LogP contribution in [0.3, 0.4) is 0 Å². The van der Waals surface area contributed by atoms with E-state index in [4.69, 9.17) is 17.3 Å². The lowest BCUT2D eigenvalue weighted by molar-refractivity contribution is -0.132. The highest BCUT2D eigenvalue weighted by atomic mass is 35.5. The second-order valence-electron chi connectivity index (χ2n) is 5.08. The minimum Gasteiger partial charge on any atom is -0.339 e. The lowest BCUT2D eigenvalue weighted by atomic mass is 10.1. The zero-order valence-corrected chi connectivity index (χ0v) is 12.7. The molecule has 0 aliphatic carbocycles. The third-order valence-electron chi connectivity index (χ3n) is 3.59. The Morgan fingerprint density at radius 3 is 2.43 bits per heavy atom. The number of carbonyl (C=O) groups excluding carboxylic acids is 2. The predicted octanol–water partition coefficient (Wildman–Crippen LogP) is 1.36. The Hall–Kier alpha value is -1.59. The molecule has 1 fully saturated rings. The second kappa shape index (κ2) is 7.43. The summed E-state index contributed by atoms with van der Waals surface area (Å²) >= 11 is 5.91. The summed E-state index contributed by atoms with van der Waals surface area (Å²) in [5, 5.41) is 0.552.